The SMILES string of the molecule is COC(=O)Cc1ccc(C(C)(C)C)cc1CO[Si](C)C. The zero-order chi connectivity index (χ0) is 15.3. The van der Waals surface area contributed by atoms with Gasteiger partial charge in [0.25, 0.3) is 0 Å². The molecule has 111 valence electrons. The fourth-order valence-corrected chi connectivity index (χ4v) is 2.29. The maximum atomic E-state index is 11.5. The molecule has 4 heteroatoms. The molecule has 0 bridgehead atoms. The van der Waals surface area contributed by atoms with Crippen LogP contribution in [0.2, 0.25) is 13.1 Å². The molecule has 3 nitrogen and oxygen atoms in total. The number of hydrogen-bond acceptors (Lipinski definition) is 3. The minimum atomic E-state index is -0.746. The lowest BCUT2D eigenvalue weighted by molar-refractivity contribution is -0.139. The topological polar surface area (TPSA) is 35.5 Å². The van der Waals surface area contributed by atoms with Crippen molar-refractivity contribution in [2.24, 2.45) is 0 Å². The maximum Gasteiger partial charge on any atom is 0.309 e. The van der Waals surface area contributed by atoms with Crippen LogP contribution in [-0.2, 0) is 32.4 Å². The molecular formula is C16H25O3Si. The van der Waals surface area contributed by atoms with Crippen LogP contribution >= 0.6 is 0 Å². The highest BCUT2D eigenvalue weighted by atomic mass is 28.3. The summed E-state index contributed by atoms with van der Waals surface area (Å²) in [5.74, 6) is -0.215. The van der Waals surface area contributed by atoms with Crippen LogP contribution in [0.1, 0.15) is 37.5 Å². The van der Waals surface area contributed by atoms with Crippen LogP contribution in [0, 0.1) is 0 Å². The molecule has 0 fully saturated rings. The van der Waals surface area contributed by atoms with Gasteiger partial charge in [-0.3, -0.25) is 4.79 Å². The first kappa shape index (κ1) is 16.9. The first-order chi connectivity index (χ1) is 9.24. The van der Waals surface area contributed by atoms with Gasteiger partial charge in [0.05, 0.1) is 20.1 Å². The quantitative estimate of drug-likeness (QED) is 0.616. The predicted molar refractivity (Wildman–Crippen MR) is 83.1 cm³/mol. The van der Waals surface area contributed by atoms with Gasteiger partial charge in [0.2, 0.25) is 9.04 Å². The molecule has 0 aliphatic carbocycles. The van der Waals surface area contributed by atoms with Crippen molar-refractivity contribution >= 4 is 15.0 Å². The molecule has 0 saturated carbocycles. The van der Waals surface area contributed by atoms with Crippen LogP contribution in [0.3, 0.4) is 0 Å². The van der Waals surface area contributed by atoms with E-state index in [1.165, 1.54) is 12.7 Å². The van der Waals surface area contributed by atoms with E-state index in [4.69, 9.17) is 9.16 Å². The molecular weight excluding hydrogens is 268 g/mol. The molecule has 20 heavy (non-hydrogen) atoms. The van der Waals surface area contributed by atoms with Crippen LogP contribution in [0.5, 0.6) is 0 Å². The lowest BCUT2D eigenvalue weighted by Gasteiger charge is -2.21. The highest BCUT2D eigenvalue weighted by Gasteiger charge is 2.17. The summed E-state index contributed by atoms with van der Waals surface area (Å²) in [5.41, 5.74) is 3.43. The third kappa shape index (κ3) is 5.10. The lowest BCUT2D eigenvalue weighted by atomic mass is 9.85. The third-order valence-corrected chi connectivity index (χ3v) is 3.87. The minimum Gasteiger partial charge on any atom is -0.469 e. The van der Waals surface area contributed by atoms with E-state index in [2.05, 4.69) is 46.0 Å². The molecule has 1 radical (unpaired) electrons. The summed E-state index contributed by atoms with van der Waals surface area (Å²) in [6.07, 6.45) is 0.301. The standard InChI is InChI=1S/C16H25O3Si/c1-16(2,3)14-8-7-12(10-15(17)18-4)13(9-14)11-19-20(5)6/h7-9H,10-11H2,1-6H3. The van der Waals surface area contributed by atoms with Crippen LogP contribution in [0.15, 0.2) is 18.2 Å². The zero-order valence-corrected chi connectivity index (χ0v) is 14.4. The van der Waals surface area contributed by atoms with Crippen LogP contribution in [0.4, 0.5) is 0 Å². The Labute approximate surface area is 124 Å². The van der Waals surface area contributed by atoms with E-state index in [1.807, 2.05) is 6.07 Å². The first-order valence-corrected chi connectivity index (χ1v) is 9.27. The number of esters is 1. The van der Waals surface area contributed by atoms with Crippen molar-refractivity contribution in [3.8, 4) is 0 Å². The van der Waals surface area contributed by atoms with Crippen LogP contribution < -0.4 is 0 Å². The van der Waals surface area contributed by atoms with Gasteiger partial charge in [-0.1, -0.05) is 39.0 Å². The number of methoxy groups -OCH3 is 1. The number of benzene rings is 1. The van der Waals surface area contributed by atoms with E-state index in [9.17, 15) is 4.79 Å². The summed E-state index contributed by atoms with van der Waals surface area (Å²) >= 11 is 0. The van der Waals surface area contributed by atoms with E-state index in [-0.39, 0.29) is 11.4 Å². The van der Waals surface area contributed by atoms with Gasteiger partial charge in [0.1, 0.15) is 0 Å². The number of rotatable bonds is 5. The minimum absolute atomic E-state index is 0.0881. The second-order valence-electron chi connectivity index (χ2n) is 6.18. The number of carbonyl (C=O) groups is 1. The van der Waals surface area contributed by atoms with Crippen LogP contribution in [0.25, 0.3) is 0 Å². The summed E-state index contributed by atoms with van der Waals surface area (Å²) in [4.78, 5) is 11.5. The fraction of sp³-hybridized carbons (Fsp3) is 0.562. The Morgan fingerprint density at radius 3 is 2.35 bits per heavy atom. The summed E-state index contributed by atoms with van der Waals surface area (Å²) in [6, 6.07) is 6.27. The Morgan fingerprint density at radius 2 is 1.85 bits per heavy atom. The number of hydrogen-bond donors (Lipinski definition) is 0. The second kappa shape index (κ2) is 7.04. The normalized spacial score (nSPS) is 11.8. The molecule has 0 spiro atoms. The van der Waals surface area contributed by atoms with E-state index >= 15 is 0 Å². The largest absolute Gasteiger partial charge is 0.469 e. The molecule has 0 heterocycles. The second-order valence-corrected chi connectivity index (χ2v) is 8.29. The zero-order valence-electron chi connectivity index (χ0n) is 13.4. The summed E-state index contributed by atoms with van der Waals surface area (Å²) < 4.78 is 10.6. The van der Waals surface area contributed by atoms with Crippen molar-refractivity contribution in [2.45, 2.75) is 52.3 Å². The summed E-state index contributed by atoms with van der Waals surface area (Å²) in [6.45, 7) is 11.3. The number of ether oxygens (including phenoxy) is 1. The predicted octanol–water partition coefficient (Wildman–Crippen LogP) is 3.47. The Kier molecular flexibility index (Phi) is 5.96. The van der Waals surface area contributed by atoms with E-state index < -0.39 is 9.04 Å². The molecule has 0 aromatic heterocycles. The number of carbonyl (C=O) groups excluding carboxylic acids is 1. The van der Waals surface area contributed by atoms with E-state index in [0.29, 0.717) is 13.0 Å². The van der Waals surface area contributed by atoms with Crippen molar-refractivity contribution in [1.29, 1.82) is 0 Å². The molecule has 1 rings (SSSR count). The average molecular weight is 293 g/mol. The van der Waals surface area contributed by atoms with Crippen molar-refractivity contribution < 1.29 is 14.0 Å². The molecule has 1 aromatic carbocycles. The molecule has 0 aliphatic rings. The Balaban J connectivity index is 3.06. The van der Waals surface area contributed by atoms with Crippen molar-refractivity contribution in [3.63, 3.8) is 0 Å². The molecule has 1 aromatic rings. The van der Waals surface area contributed by atoms with Gasteiger partial charge in [-0.15, -0.1) is 0 Å². The Bertz CT molecular complexity index is 461. The molecule has 0 N–H and O–H groups in total. The van der Waals surface area contributed by atoms with Gasteiger partial charge >= 0.3 is 5.97 Å². The van der Waals surface area contributed by atoms with Crippen molar-refractivity contribution in [1.82, 2.24) is 0 Å². The van der Waals surface area contributed by atoms with Gasteiger partial charge in [-0.2, -0.15) is 0 Å². The van der Waals surface area contributed by atoms with Crippen molar-refractivity contribution in [2.75, 3.05) is 7.11 Å². The molecule has 0 unspecified atom stereocenters. The smallest absolute Gasteiger partial charge is 0.309 e. The summed E-state index contributed by atoms with van der Waals surface area (Å²) in [7, 11) is 0.672. The van der Waals surface area contributed by atoms with Crippen molar-refractivity contribution in [3.05, 3.63) is 34.9 Å². The van der Waals surface area contributed by atoms with Crippen LogP contribution in [-0.4, -0.2) is 22.1 Å². The maximum absolute atomic E-state index is 11.5. The monoisotopic (exact) mass is 293 g/mol. The van der Waals surface area contributed by atoms with E-state index in [1.54, 1.807) is 0 Å². The highest BCUT2D eigenvalue weighted by molar-refractivity contribution is 6.48. The Morgan fingerprint density at radius 1 is 1.20 bits per heavy atom. The molecule has 0 aliphatic heterocycles. The van der Waals surface area contributed by atoms with Gasteiger partial charge in [0, 0.05) is 0 Å². The van der Waals surface area contributed by atoms with E-state index in [0.717, 1.165) is 11.1 Å². The summed E-state index contributed by atoms with van der Waals surface area (Å²) in [5, 5.41) is 0. The third-order valence-electron chi connectivity index (χ3n) is 3.15. The lowest BCUT2D eigenvalue weighted by Crippen LogP contribution is -2.15. The molecule has 0 saturated heterocycles. The van der Waals surface area contributed by atoms with Gasteiger partial charge in [-0.25, -0.2) is 0 Å². The Hall–Kier alpha value is -1.13. The molecule has 0 atom stereocenters. The average Bonchev–Trinajstić information content (AvgIpc) is 2.35. The fourth-order valence-electron chi connectivity index (χ4n) is 1.85. The molecule has 0 amide bonds. The first-order valence-electron chi connectivity index (χ1n) is 6.86. The van der Waals surface area contributed by atoms with Gasteiger partial charge < -0.3 is 9.16 Å². The van der Waals surface area contributed by atoms with Gasteiger partial charge in [-0.05, 0) is 35.2 Å². The highest BCUT2D eigenvalue weighted by Crippen LogP contribution is 2.25. The van der Waals surface area contributed by atoms with Gasteiger partial charge in [0.15, 0.2) is 0 Å².